The van der Waals surface area contributed by atoms with Crippen LogP contribution in [0.3, 0.4) is 0 Å². The number of hydrogen-bond acceptors (Lipinski definition) is 4. The van der Waals surface area contributed by atoms with Gasteiger partial charge >= 0.3 is 0 Å². The molecule has 1 amide bonds. The number of aryl methyl sites for hydroxylation is 1. The lowest BCUT2D eigenvalue weighted by Gasteiger charge is -2.08. The number of nitrogens with zero attached hydrogens (tertiary/aromatic N) is 4. The molecule has 4 rings (SSSR count). The second-order valence-corrected chi connectivity index (χ2v) is 7.31. The largest absolute Gasteiger partial charge is 0.325 e. The first-order valence-corrected chi connectivity index (χ1v) is 10.4. The summed E-state index contributed by atoms with van der Waals surface area (Å²) in [5.41, 5.74) is 3.86. The van der Waals surface area contributed by atoms with Crippen molar-refractivity contribution >= 4 is 22.5 Å². The fourth-order valence-electron chi connectivity index (χ4n) is 3.58. The summed E-state index contributed by atoms with van der Waals surface area (Å²) >= 11 is 0. The van der Waals surface area contributed by atoms with Crippen molar-refractivity contribution in [2.75, 3.05) is 5.32 Å². The van der Waals surface area contributed by atoms with Gasteiger partial charge in [0.15, 0.2) is 0 Å². The van der Waals surface area contributed by atoms with E-state index in [1.807, 2.05) is 71.5 Å². The number of aromatic nitrogens is 4. The van der Waals surface area contributed by atoms with Crippen LogP contribution in [0.4, 0.5) is 5.69 Å². The molecule has 0 aliphatic heterocycles. The predicted octanol–water partition coefficient (Wildman–Crippen LogP) is 4.95. The Bertz CT molecular complexity index is 1100. The number of unbranched alkanes of at least 4 members (excludes halogenated alkanes) is 3. The Morgan fingerprint density at radius 3 is 2.60 bits per heavy atom. The highest BCUT2D eigenvalue weighted by Gasteiger charge is 2.07. The maximum atomic E-state index is 12.3. The quantitative estimate of drug-likeness (QED) is 0.404. The summed E-state index contributed by atoms with van der Waals surface area (Å²) in [5, 5.41) is 12.2. The van der Waals surface area contributed by atoms with Gasteiger partial charge in [0.2, 0.25) is 5.91 Å². The van der Waals surface area contributed by atoms with Crippen molar-refractivity contribution in [2.24, 2.45) is 0 Å². The second-order valence-electron chi connectivity index (χ2n) is 7.31. The number of pyridine rings is 1. The average Bonchev–Trinajstić information content (AvgIpc) is 3.25. The Morgan fingerprint density at radius 1 is 0.900 bits per heavy atom. The monoisotopic (exact) mass is 399 g/mol. The summed E-state index contributed by atoms with van der Waals surface area (Å²) in [4.78, 5) is 16.7. The molecule has 0 aliphatic carbocycles. The van der Waals surface area contributed by atoms with Gasteiger partial charge in [-0.05, 0) is 43.5 Å². The number of benzene rings is 2. The third kappa shape index (κ3) is 4.89. The van der Waals surface area contributed by atoms with Gasteiger partial charge in [0.1, 0.15) is 0 Å². The molecule has 1 N–H and O–H groups in total. The van der Waals surface area contributed by atoms with Gasteiger partial charge in [-0.2, -0.15) is 0 Å². The Kier molecular flexibility index (Phi) is 6.44. The highest BCUT2D eigenvalue weighted by Crippen LogP contribution is 2.21. The molecule has 0 spiro atoms. The topological polar surface area (TPSA) is 72.7 Å². The lowest BCUT2D eigenvalue weighted by atomic mass is 10.1. The molecule has 0 bridgehead atoms. The van der Waals surface area contributed by atoms with Crippen molar-refractivity contribution in [3.8, 4) is 5.69 Å². The Morgan fingerprint density at radius 2 is 1.70 bits per heavy atom. The van der Waals surface area contributed by atoms with Crippen LogP contribution in [0.2, 0.25) is 0 Å². The molecule has 2 aromatic carbocycles. The minimum atomic E-state index is 0.0534. The molecule has 0 unspecified atom stereocenters. The molecular formula is C24H25N5O. The van der Waals surface area contributed by atoms with Crippen molar-refractivity contribution in [3.05, 3.63) is 78.8 Å². The van der Waals surface area contributed by atoms with Gasteiger partial charge < -0.3 is 5.32 Å². The number of para-hydroxylation sites is 2. The van der Waals surface area contributed by atoms with Crippen molar-refractivity contribution in [2.45, 2.75) is 38.5 Å². The molecule has 4 aromatic rings. The molecule has 0 aliphatic rings. The van der Waals surface area contributed by atoms with Crippen LogP contribution in [0, 0.1) is 0 Å². The smallest absolute Gasteiger partial charge is 0.224 e. The van der Waals surface area contributed by atoms with Crippen molar-refractivity contribution in [1.82, 2.24) is 20.0 Å². The summed E-state index contributed by atoms with van der Waals surface area (Å²) in [7, 11) is 0. The first-order valence-electron chi connectivity index (χ1n) is 10.4. The van der Waals surface area contributed by atoms with Gasteiger partial charge in [0.05, 0.1) is 28.8 Å². The zero-order chi connectivity index (χ0) is 20.6. The zero-order valence-corrected chi connectivity index (χ0v) is 16.9. The van der Waals surface area contributed by atoms with E-state index in [0.717, 1.165) is 60.1 Å². The SMILES string of the molecule is O=C(CCCCCCc1cnnn1-c1ccccc1)Nc1ccnc2ccccc12. The molecule has 0 saturated carbocycles. The molecule has 0 radical (unpaired) electrons. The summed E-state index contributed by atoms with van der Waals surface area (Å²) in [6.45, 7) is 0. The lowest BCUT2D eigenvalue weighted by Crippen LogP contribution is -2.11. The van der Waals surface area contributed by atoms with Crippen LogP contribution in [-0.4, -0.2) is 25.9 Å². The van der Waals surface area contributed by atoms with E-state index in [4.69, 9.17) is 0 Å². The maximum absolute atomic E-state index is 12.3. The van der Waals surface area contributed by atoms with Crippen LogP contribution in [-0.2, 0) is 11.2 Å². The molecule has 152 valence electrons. The second kappa shape index (κ2) is 9.78. The Hall–Kier alpha value is -3.54. The van der Waals surface area contributed by atoms with E-state index in [1.165, 1.54) is 0 Å². The summed E-state index contributed by atoms with van der Waals surface area (Å²) < 4.78 is 1.90. The molecule has 6 nitrogen and oxygen atoms in total. The van der Waals surface area contributed by atoms with E-state index < -0.39 is 0 Å². The number of carbonyl (C=O) groups excluding carboxylic acids is 1. The van der Waals surface area contributed by atoms with Crippen molar-refractivity contribution in [3.63, 3.8) is 0 Å². The van der Waals surface area contributed by atoms with Crippen LogP contribution in [0.15, 0.2) is 73.1 Å². The van der Waals surface area contributed by atoms with E-state index in [9.17, 15) is 4.79 Å². The molecule has 6 heteroatoms. The minimum Gasteiger partial charge on any atom is -0.325 e. The zero-order valence-electron chi connectivity index (χ0n) is 16.9. The predicted molar refractivity (Wildman–Crippen MR) is 119 cm³/mol. The molecule has 0 saturated heterocycles. The fourth-order valence-corrected chi connectivity index (χ4v) is 3.58. The Balaban J connectivity index is 1.19. The number of anilines is 1. The average molecular weight is 399 g/mol. The number of nitrogens with one attached hydrogen (secondary N) is 1. The first kappa shape index (κ1) is 19.8. The van der Waals surface area contributed by atoms with Crippen LogP contribution in [0.25, 0.3) is 16.6 Å². The normalized spacial score (nSPS) is 10.9. The number of rotatable bonds is 9. The van der Waals surface area contributed by atoms with E-state index in [-0.39, 0.29) is 5.91 Å². The fraction of sp³-hybridized carbons (Fsp3) is 0.250. The third-order valence-corrected chi connectivity index (χ3v) is 5.13. The Labute approximate surface area is 176 Å². The molecule has 30 heavy (non-hydrogen) atoms. The number of fused-ring (bicyclic) bond motifs is 1. The molecule has 2 aromatic heterocycles. The molecule has 0 atom stereocenters. The number of carbonyl (C=O) groups is 1. The van der Waals surface area contributed by atoms with E-state index in [0.29, 0.717) is 6.42 Å². The van der Waals surface area contributed by atoms with E-state index in [1.54, 1.807) is 6.20 Å². The van der Waals surface area contributed by atoms with E-state index >= 15 is 0 Å². The standard InChI is InChI=1S/C24H25N5O/c30-24(27-23-16-17-25-22-14-9-8-13-21(22)23)15-7-2-1-4-12-20-18-26-28-29(20)19-10-5-3-6-11-19/h3,5-6,8-11,13-14,16-18H,1-2,4,7,12,15H2,(H,25,27,30). The van der Waals surface area contributed by atoms with Gasteiger partial charge in [-0.25, -0.2) is 4.68 Å². The van der Waals surface area contributed by atoms with E-state index in [2.05, 4.69) is 20.6 Å². The first-order chi connectivity index (χ1) is 14.8. The number of amides is 1. The highest BCUT2D eigenvalue weighted by atomic mass is 16.1. The molecule has 0 fully saturated rings. The van der Waals surface area contributed by atoms with Gasteiger partial charge in [-0.15, -0.1) is 5.10 Å². The van der Waals surface area contributed by atoms with Gasteiger partial charge in [-0.1, -0.05) is 54.5 Å². The van der Waals surface area contributed by atoms with Crippen LogP contribution >= 0.6 is 0 Å². The summed E-state index contributed by atoms with van der Waals surface area (Å²) in [6.07, 6.45) is 9.05. The van der Waals surface area contributed by atoms with Crippen LogP contribution in [0.5, 0.6) is 0 Å². The lowest BCUT2D eigenvalue weighted by molar-refractivity contribution is -0.116. The minimum absolute atomic E-state index is 0.0534. The molecule has 2 heterocycles. The molecular weight excluding hydrogens is 374 g/mol. The third-order valence-electron chi connectivity index (χ3n) is 5.13. The summed E-state index contributed by atoms with van der Waals surface area (Å²) in [6, 6.07) is 19.7. The van der Waals surface area contributed by atoms with Gasteiger partial charge in [0.25, 0.3) is 0 Å². The van der Waals surface area contributed by atoms with Crippen LogP contribution in [0.1, 0.15) is 37.8 Å². The highest BCUT2D eigenvalue weighted by molar-refractivity contribution is 6.00. The van der Waals surface area contributed by atoms with Crippen LogP contribution < -0.4 is 5.32 Å². The number of hydrogen-bond donors (Lipinski definition) is 1. The van der Waals surface area contributed by atoms with Gasteiger partial charge in [-0.3, -0.25) is 9.78 Å². The summed E-state index contributed by atoms with van der Waals surface area (Å²) in [5.74, 6) is 0.0534. The van der Waals surface area contributed by atoms with Gasteiger partial charge in [0, 0.05) is 18.0 Å². The van der Waals surface area contributed by atoms with Crippen molar-refractivity contribution < 1.29 is 4.79 Å². The maximum Gasteiger partial charge on any atom is 0.224 e. The van der Waals surface area contributed by atoms with Crippen molar-refractivity contribution in [1.29, 1.82) is 0 Å².